The summed E-state index contributed by atoms with van der Waals surface area (Å²) in [5.41, 5.74) is 0. The zero-order valence-electron chi connectivity index (χ0n) is 22.1. The zero-order valence-corrected chi connectivity index (χ0v) is 22.1. The summed E-state index contributed by atoms with van der Waals surface area (Å²) < 4.78 is 335. The van der Waals surface area contributed by atoms with Crippen molar-refractivity contribution >= 4 is 5.97 Å². The zero-order chi connectivity index (χ0) is 38.9. The van der Waals surface area contributed by atoms with Gasteiger partial charge in [-0.15, -0.1) is 0 Å². The predicted molar refractivity (Wildman–Crippen MR) is 99.2 cm³/mol. The molecule has 0 radical (unpaired) electrons. The Balaban J connectivity index is 7.03. The van der Waals surface area contributed by atoms with Gasteiger partial charge in [0, 0.05) is 12.8 Å². The maximum atomic E-state index is 13.9. The van der Waals surface area contributed by atoms with Crippen molar-refractivity contribution in [2.24, 2.45) is 0 Å². The first-order chi connectivity index (χ1) is 19.9. The molecule has 0 amide bonds. The van der Waals surface area contributed by atoms with Gasteiger partial charge >= 0.3 is 77.3 Å². The third-order valence-electron chi connectivity index (χ3n) is 6.18. The Labute approximate surface area is 242 Å². The van der Waals surface area contributed by atoms with Crippen molar-refractivity contribution in [1.29, 1.82) is 0 Å². The SMILES string of the molecule is C[N+](C)(CCCC(F)(F)C(F)(F)C(F)(F)C(F)(F)C(F)(F)C(F)(F)C(F)(F)C(F)(F)C(F)(F)C(F)(F)C(F)(F)C(F)(F)F)CC(=O)O. The number of carbonyl (C=O) groups is 1. The summed E-state index contributed by atoms with van der Waals surface area (Å²) in [6.07, 6.45) is -12.7. The van der Waals surface area contributed by atoms with Crippen molar-refractivity contribution in [3.8, 4) is 0 Å². The summed E-state index contributed by atoms with van der Waals surface area (Å²) in [7, 11) is 1.66. The molecule has 0 aromatic carbocycles. The number of hydrogen-bond acceptors (Lipinski definition) is 1. The molecule has 0 unspecified atom stereocenters. The van der Waals surface area contributed by atoms with Gasteiger partial charge in [-0.25, -0.2) is 4.79 Å². The molecule has 0 fully saturated rings. The van der Waals surface area contributed by atoms with E-state index in [0.717, 1.165) is 14.1 Å². The molecule has 1 N–H and O–H groups in total. The number of nitrogens with zero attached hydrogens (tertiary/aromatic N) is 1. The molecule has 28 heteroatoms. The molecular weight excluding hydrogens is 749 g/mol. The smallest absolute Gasteiger partial charge is 0.460 e. The molecule has 0 bridgehead atoms. The molecule has 0 heterocycles. The van der Waals surface area contributed by atoms with Crippen LogP contribution in [-0.4, -0.2) is 114 Å². The molecule has 0 atom stereocenters. The van der Waals surface area contributed by atoms with Gasteiger partial charge < -0.3 is 9.59 Å². The van der Waals surface area contributed by atoms with E-state index in [-0.39, 0.29) is 0 Å². The predicted octanol–water partition coefficient (Wildman–Crippen LogP) is 8.48. The van der Waals surface area contributed by atoms with E-state index in [9.17, 15) is 115 Å². The standard InChI is InChI=1S/C19H14F25NO2/c1-45(2,6-7(46)47)5-3-4-8(20,21)9(22,23)10(24,25)11(26,27)12(28,29)13(30,31)14(32,33)15(34,35)16(36,37)17(38,39)18(40,41)19(42,43)44/h3-6H2,1-2H3/p+1. The number of alkyl halides is 25. The lowest BCUT2D eigenvalue weighted by Crippen LogP contribution is -2.78. The van der Waals surface area contributed by atoms with Gasteiger partial charge in [0.05, 0.1) is 20.6 Å². The number of halogens is 25. The number of likely N-dealkylation sites (N-methyl/N-ethyl adjacent to an activating group) is 1. The Kier molecular flexibility index (Phi) is 11.1. The molecule has 3 nitrogen and oxygen atoms in total. The van der Waals surface area contributed by atoms with Crippen LogP contribution >= 0.6 is 0 Å². The van der Waals surface area contributed by atoms with E-state index in [1.807, 2.05) is 0 Å². The maximum absolute atomic E-state index is 13.9. The Bertz CT molecular complexity index is 1140. The minimum Gasteiger partial charge on any atom is -0.477 e. The van der Waals surface area contributed by atoms with Crippen molar-refractivity contribution < 1.29 is 124 Å². The molecule has 0 aliphatic rings. The Morgan fingerprint density at radius 2 is 0.681 bits per heavy atom. The monoisotopic (exact) mass is 764 g/mol. The quantitative estimate of drug-likeness (QED) is 0.127. The van der Waals surface area contributed by atoms with E-state index < -0.39 is 108 Å². The van der Waals surface area contributed by atoms with Crippen molar-refractivity contribution in [2.75, 3.05) is 27.2 Å². The van der Waals surface area contributed by atoms with Gasteiger partial charge in [-0.3, -0.25) is 0 Å². The second-order valence-corrected chi connectivity index (χ2v) is 10.3. The molecule has 0 spiro atoms. The first-order valence-corrected chi connectivity index (χ1v) is 11.1. The number of carboxylic acid groups (broad SMARTS) is 1. The fourth-order valence-corrected chi connectivity index (χ4v) is 3.32. The van der Waals surface area contributed by atoms with Crippen LogP contribution in [0, 0.1) is 0 Å². The van der Waals surface area contributed by atoms with E-state index >= 15 is 0 Å². The molecule has 47 heavy (non-hydrogen) atoms. The normalized spacial score (nSPS) is 16.5. The Morgan fingerprint density at radius 3 is 0.915 bits per heavy atom. The summed E-state index contributed by atoms with van der Waals surface area (Å²) in [5, 5.41) is 8.58. The van der Waals surface area contributed by atoms with E-state index in [1.165, 1.54) is 0 Å². The number of carboxylic acids is 1. The van der Waals surface area contributed by atoms with Crippen LogP contribution in [0.1, 0.15) is 12.8 Å². The lowest BCUT2D eigenvalue weighted by Gasteiger charge is -2.45. The third-order valence-corrected chi connectivity index (χ3v) is 6.18. The summed E-state index contributed by atoms with van der Waals surface area (Å²) >= 11 is 0. The van der Waals surface area contributed by atoms with Crippen LogP contribution in [0.5, 0.6) is 0 Å². The van der Waals surface area contributed by atoms with Crippen LogP contribution in [0.15, 0.2) is 0 Å². The van der Waals surface area contributed by atoms with Crippen molar-refractivity contribution in [3.63, 3.8) is 0 Å². The maximum Gasteiger partial charge on any atom is 0.460 e. The lowest BCUT2D eigenvalue weighted by molar-refractivity contribution is -0.883. The molecule has 0 aliphatic carbocycles. The molecule has 0 aromatic heterocycles. The van der Waals surface area contributed by atoms with E-state index in [4.69, 9.17) is 5.11 Å². The first kappa shape index (κ1) is 44.7. The average molecular weight is 764 g/mol. The molecular formula is C19H15F25NO2+. The van der Waals surface area contributed by atoms with Gasteiger partial charge in [0.1, 0.15) is 0 Å². The van der Waals surface area contributed by atoms with Crippen molar-refractivity contribution in [3.05, 3.63) is 0 Å². The Hall–Kier alpha value is -2.32. The number of hydrogen-bond donors (Lipinski definition) is 1. The fourth-order valence-electron chi connectivity index (χ4n) is 3.32. The molecule has 282 valence electrons. The Morgan fingerprint density at radius 1 is 0.447 bits per heavy atom. The van der Waals surface area contributed by atoms with Crippen LogP contribution in [0.4, 0.5) is 110 Å². The molecule has 0 rings (SSSR count). The summed E-state index contributed by atoms with van der Waals surface area (Å²) in [6, 6.07) is 0. The van der Waals surface area contributed by atoms with Crippen LogP contribution in [-0.2, 0) is 4.79 Å². The van der Waals surface area contributed by atoms with Gasteiger partial charge in [-0.05, 0) is 0 Å². The van der Waals surface area contributed by atoms with E-state index in [1.54, 1.807) is 0 Å². The summed E-state index contributed by atoms with van der Waals surface area (Å²) in [4.78, 5) is 10.6. The minimum atomic E-state index is -9.62. The highest BCUT2D eigenvalue weighted by atomic mass is 19.4. The molecule has 0 saturated carbocycles. The minimum absolute atomic E-state index is 0.829. The van der Waals surface area contributed by atoms with E-state index in [0.29, 0.717) is 0 Å². The van der Waals surface area contributed by atoms with Crippen LogP contribution in [0.2, 0.25) is 0 Å². The molecule has 0 aromatic rings. The van der Waals surface area contributed by atoms with Gasteiger partial charge in [-0.2, -0.15) is 110 Å². The number of quaternary nitrogens is 1. The highest BCUT2D eigenvalue weighted by Gasteiger charge is 2.99. The van der Waals surface area contributed by atoms with Gasteiger partial charge in [0.25, 0.3) is 0 Å². The van der Waals surface area contributed by atoms with Gasteiger partial charge in [0.2, 0.25) is 0 Å². The fraction of sp³-hybridized carbons (Fsp3) is 0.947. The third kappa shape index (κ3) is 6.31. The van der Waals surface area contributed by atoms with E-state index in [2.05, 4.69) is 0 Å². The highest BCUT2D eigenvalue weighted by Crippen LogP contribution is 2.67. The number of rotatable bonds is 16. The van der Waals surface area contributed by atoms with Crippen LogP contribution in [0.3, 0.4) is 0 Å². The van der Waals surface area contributed by atoms with Crippen LogP contribution < -0.4 is 0 Å². The highest BCUT2D eigenvalue weighted by molar-refractivity contribution is 5.67. The summed E-state index contributed by atoms with van der Waals surface area (Å²) in [6.45, 7) is -2.13. The largest absolute Gasteiger partial charge is 0.477 e. The first-order valence-electron chi connectivity index (χ1n) is 11.1. The summed E-state index contributed by atoms with van der Waals surface area (Å²) in [5.74, 6) is -100. The number of aliphatic carboxylic acids is 1. The average Bonchev–Trinajstić information content (AvgIpc) is 2.80. The van der Waals surface area contributed by atoms with Gasteiger partial charge in [0.15, 0.2) is 6.54 Å². The van der Waals surface area contributed by atoms with Gasteiger partial charge in [-0.1, -0.05) is 0 Å². The molecule has 0 aliphatic heterocycles. The molecule has 0 saturated heterocycles. The van der Waals surface area contributed by atoms with Crippen molar-refractivity contribution in [2.45, 2.75) is 84.2 Å². The van der Waals surface area contributed by atoms with Crippen molar-refractivity contribution in [1.82, 2.24) is 0 Å². The topological polar surface area (TPSA) is 37.3 Å². The van der Waals surface area contributed by atoms with Crippen LogP contribution in [0.25, 0.3) is 0 Å². The second-order valence-electron chi connectivity index (χ2n) is 10.3. The second kappa shape index (κ2) is 11.6. The lowest BCUT2D eigenvalue weighted by atomic mass is 9.84.